The predicted octanol–water partition coefficient (Wildman–Crippen LogP) is 4.46. The van der Waals surface area contributed by atoms with Gasteiger partial charge in [-0.25, -0.2) is 17.5 Å². The average Bonchev–Trinajstić information content (AvgIpc) is 2.47. The second-order valence-corrected chi connectivity index (χ2v) is 9.07. The van der Waals surface area contributed by atoms with Crippen LogP contribution in [0.2, 0.25) is 10.0 Å². The third-order valence-electron chi connectivity index (χ3n) is 3.10. The lowest BCUT2D eigenvalue weighted by atomic mass is 10.1. The fourth-order valence-electron chi connectivity index (χ4n) is 2.09. The number of carbonyl (C=O) groups is 1. The largest absolute Gasteiger partial charge is 0.319 e. The maximum atomic E-state index is 13.8. The van der Waals surface area contributed by atoms with Crippen molar-refractivity contribution in [3.63, 3.8) is 0 Å². The maximum absolute atomic E-state index is 13.8. The van der Waals surface area contributed by atoms with Gasteiger partial charge in [-0.2, -0.15) is 0 Å². The van der Waals surface area contributed by atoms with Crippen LogP contribution in [0, 0.1) is 5.82 Å². The van der Waals surface area contributed by atoms with Crippen molar-refractivity contribution in [2.75, 3.05) is 5.32 Å². The number of benzene rings is 2. The fraction of sp³-hybridized carbons (Fsp3) is 0.235. The van der Waals surface area contributed by atoms with Gasteiger partial charge in [0.15, 0.2) is 0 Å². The third kappa shape index (κ3) is 5.17. The summed E-state index contributed by atoms with van der Waals surface area (Å²) in [6, 6.07) is 7.57. The molecule has 5 nitrogen and oxygen atoms in total. The van der Waals surface area contributed by atoms with E-state index < -0.39 is 27.3 Å². The van der Waals surface area contributed by atoms with E-state index in [-0.39, 0.29) is 26.2 Å². The Kier molecular flexibility index (Phi) is 5.97. The molecule has 2 rings (SSSR count). The lowest BCUT2D eigenvalue weighted by Crippen LogP contribution is -2.40. The molecule has 140 valence electrons. The highest BCUT2D eigenvalue weighted by molar-refractivity contribution is 7.89. The fourth-order valence-corrected chi connectivity index (χ4v) is 4.20. The summed E-state index contributed by atoms with van der Waals surface area (Å²) < 4.78 is 41.3. The van der Waals surface area contributed by atoms with Crippen LogP contribution in [0.5, 0.6) is 0 Å². The molecule has 1 amide bonds. The highest BCUT2D eigenvalue weighted by atomic mass is 35.5. The summed E-state index contributed by atoms with van der Waals surface area (Å²) in [5, 5.41) is 2.53. The second kappa shape index (κ2) is 7.52. The Labute approximate surface area is 161 Å². The van der Waals surface area contributed by atoms with Gasteiger partial charge in [0, 0.05) is 16.1 Å². The number of hydrogen-bond acceptors (Lipinski definition) is 3. The first-order valence-electron chi connectivity index (χ1n) is 7.49. The molecule has 0 aliphatic carbocycles. The van der Waals surface area contributed by atoms with E-state index in [9.17, 15) is 17.6 Å². The quantitative estimate of drug-likeness (QED) is 0.769. The first kappa shape index (κ1) is 20.6. The molecule has 0 aliphatic heterocycles. The molecule has 0 atom stereocenters. The number of carbonyl (C=O) groups excluding carboxylic acids is 1. The van der Waals surface area contributed by atoms with Gasteiger partial charge >= 0.3 is 0 Å². The Balaban J connectivity index is 2.35. The molecule has 0 heterocycles. The number of halogens is 3. The summed E-state index contributed by atoms with van der Waals surface area (Å²) in [4.78, 5) is 12.1. The smallest absolute Gasteiger partial charge is 0.255 e. The Morgan fingerprint density at radius 1 is 1.08 bits per heavy atom. The molecule has 0 bridgehead atoms. The summed E-state index contributed by atoms with van der Waals surface area (Å²) in [6.45, 7) is 5.04. The zero-order valence-corrected chi connectivity index (χ0v) is 16.6. The number of rotatable bonds is 4. The molecule has 0 unspecified atom stereocenters. The van der Waals surface area contributed by atoms with Gasteiger partial charge in [-0.05, 0) is 57.2 Å². The molecule has 0 spiro atoms. The molecule has 0 aliphatic rings. The number of sulfonamides is 1. The van der Waals surface area contributed by atoms with Crippen LogP contribution < -0.4 is 10.0 Å². The normalized spacial score (nSPS) is 12.1. The zero-order valence-electron chi connectivity index (χ0n) is 14.2. The van der Waals surface area contributed by atoms with Crippen molar-refractivity contribution in [2.24, 2.45) is 0 Å². The van der Waals surface area contributed by atoms with E-state index >= 15 is 0 Å². The maximum Gasteiger partial charge on any atom is 0.255 e. The second-order valence-electron chi connectivity index (χ2n) is 6.58. The van der Waals surface area contributed by atoms with Crippen LogP contribution in [-0.2, 0) is 10.0 Å². The van der Waals surface area contributed by atoms with Crippen molar-refractivity contribution in [3.8, 4) is 0 Å². The number of anilines is 1. The van der Waals surface area contributed by atoms with E-state index in [0.29, 0.717) is 0 Å². The van der Waals surface area contributed by atoms with Crippen LogP contribution in [0.3, 0.4) is 0 Å². The van der Waals surface area contributed by atoms with Crippen LogP contribution in [0.4, 0.5) is 10.1 Å². The van der Waals surface area contributed by atoms with Crippen LogP contribution in [0.1, 0.15) is 31.1 Å². The number of nitrogens with one attached hydrogen (secondary N) is 2. The molecule has 0 saturated heterocycles. The van der Waals surface area contributed by atoms with Crippen molar-refractivity contribution < 1.29 is 17.6 Å². The van der Waals surface area contributed by atoms with Gasteiger partial charge in [-0.15, -0.1) is 0 Å². The van der Waals surface area contributed by atoms with Crippen LogP contribution in [0.15, 0.2) is 41.3 Å². The third-order valence-corrected chi connectivity index (χ3v) is 5.58. The zero-order chi connectivity index (χ0) is 19.7. The summed E-state index contributed by atoms with van der Waals surface area (Å²) in [7, 11) is -3.94. The van der Waals surface area contributed by atoms with E-state index in [4.69, 9.17) is 23.2 Å². The first-order chi connectivity index (χ1) is 11.9. The molecular formula is C17H17Cl2FN2O3S. The highest BCUT2D eigenvalue weighted by Crippen LogP contribution is 2.25. The van der Waals surface area contributed by atoms with Gasteiger partial charge in [0.25, 0.3) is 5.91 Å². The molecule has 0 fully saturated rings. The molecule has 26 heavy (non-hydrogen) atoms. The van der Waals surface area contributed by atoms with E-state index in [1.807, 2.05) is 0 Å². The van der Waals surface area contributed by atoms with Gasteiger partial charge in [0.05, 0.1) is 10.7 Å². The molecule has 0 saturated carbocycles. The molecule has 0 aromatic heterocycles. The molecule has 2 aromatic rings. The van der Waals surface area contributed by atoms with Crippen molar-refractivity contribution in [1.29, 1.82) is 0 Å². The Bertz CT molecular complexity index is 957. The minimum absolute atomic E-state index is 0.0121. The summed E-state index contributed by atoms with van der Waals surface area (Å²) in [5.74, 6) is -1.39. The Morgan fingerprint density at radius 3 is 2.31 bits per heavy atom. The molecule has 2 aromatic carbocycles. The predicted molar refractivity (Wildman–Crippen MR) is 101 cm³/mol. The number of hydrogen-bond donors (Lipinski definition) is 2. The van der Waals surface area contributed by atoms with Crippen molar-refractivity contribution in [1.82, 2.24) is 4.72 Å². The SMILES string of the molecule is CC(C)(C)NS(=O)(=O)c1cc(C(=O)Nc2ccc(Cl)cc2F)ccc1Cl. The molecule has 9 heteroatoms. The highest BCUT2D eigenvalue weighted by Gasteiger charge is 2.25. The van der Waals surface area contributed by atoms with Crippen molar-refractivity contribution in [2.45, 2.75) is 31.2 Å². The summed E-state index contributed by atoms with van der Waals surface area (Å²) in [6.07, 6.45) is 0. The van der Waals surface area contributed by atoms with Gasteiger partial charge in [-0.1, -0.05) is 23.2 Å². The van der Waals surface area contributed by atoms with E-state index in [1.54, 1.807) is 20.8 Å². The Hall–Kier alpha value is -1.67. The van der Waals surface area contributed by atoms with Crippen LogP contribution >= 0.6 is 23.2 Å². The first-order valence-corrected chi connectivity index (χ1v) is 9.73. The van der Waals surface area contributed by atoms with Gasteiger partial charge in [-0.3, -0.25) is 4.79 Å². The minimum Gasteiger partial charge on any atom is -0.319 e. The molecule has 2 N–H and O–H groups in total. The number of amides is 1. The van der Waals surface area contributed by atoms with Crippen LogP contribution in [0.25, 0.3) is 0 Å². The standard InChI is InChI=1S/C17H17Cl2FN2O3S/c1-17(2,3)22-26(24,25)15-8-10(4-6-12(15)19)16(23)21-14-7-5-11(18)9-13(14)20/h4-9,22H,1-3H3,(H,21,23). The lowest BCUT2D eigenvalue weighted by molar-refractivity contribution is 0.102. The lowest BCUT2D eigenvalue weighted by Gasteiger charge is -2.21. The Morgan fingerprint density at radius 2 is 1.73 bits per heavy atom. The molecular weight excluding hydrogens is 402 g/mol. The summed E-state index contributed by atoms with van der Waals surface area (Å²) >= 11 is 11.7. The van der Waals surface area contributed by atoms with Crippen molar-refractivity contribution >= 4 is 44.8 Å². The topological polar surface area (TPSA) is 75.3 Å². The summed E-state index contributed by atoms with van der Waals surface area (Å²) in [5.41, 5.74) is -0.794. The van der Waals surface area contributed by atoms with E-state index in [1.165, 1.54) is 24.3 Å². The van der Waals surface area contributed by atoms with Crippen LogP contribution in [-0.4, -0.2) is 19.9 Å². The van der Waals surface area contributed by atoms with Gasteiger partial charge in [0.2, 0.25) is 10.0 Å². The van der Waals surface area contributed by atoms with Gasteiger partial charge < -0.3 is 5.32 Å². The minimum atomic E-state index is -3.94. The van der Waals surface area contributed by atoms with E-state index in [0.717, 1.165) is 12.1 Å². The van der Waals surface area contributed by atoms with Crippen molar-refractivity contribution in [3.05, 3.63) is 57.8 Å². The average molecular weight is 419 g/mol. The monoisotopic (exact) mass is 418 g/mol. The molecule has 0 radical (unpaired) electrons. The van der Waals surface area contributed by atoms with Gasteiger partial charge in [0.1, 0.15) is 10.7 Å². The van der Waals surface area contributed by atoms with E-state index in [2.05, 4.69) is 10.0 Å².